The van der Waals surface area contributed by atoms with E-state index in [0.29, 0.717) is 58.5 Å². The third-order valence-electron chi connectivity index (χ3n) is 8.06. The quantitative estimate of drug-likeness (QED) is 0.0809. The Balaban J connectivity index is 1.60. The Hall–Kier alpha value is -5.98. The Kier molecular flexibility index (Phi) is 10.1. The zero-order valence-corrected chi connectivity index (χ0v) is 29.0. The second-order valence-corrected chi connectivity index (χ2v) is 11.9. The van der Waals surface area contributed by atoms with Crippen LogP contribution in [0.2, 0.25) is 0 Å². The van der Waals surface area contributed by atoms with Crippen LogP contribution in [-0.2, 0) is 26.7 Å². The summed E-state index contributed by atoms with van der Waals surface area (Å²) in [7, 11) is 12.1. The lowest BCUT2D eigenvalue weighted by Gasteiger charge is -2.29. The van der Waals surface area contributed by atoms with Crippen molar-refractivity contribution >= 4 is 16.9 Å². The van der Waals surface area contributed by atoms with E-state index in [0.717, 1.165) is 33.3 Å². The Morgan fingerprint density at radius 3 is 2.16 bits per heavy atom. The largest absolute Gasteiger partial charge is 0.495 e. The first kappa shape index (κ1) is 34.4. The summed E-state index contributed by atoms with van der Waals surface area (Å²) in [4.78, 5) is 15.7. The number of benzene rings is 3. The van der Waals surface area contributed by atoms with Gasteiger partial charge in [0.25, 0.3) is 0 Å². The van der Waals surface area contributed by atoms with Crippen molar-refractivity contribution in [2.75, 3.05) is 42.5 Å². The highest BCUT2D eigenvalue weighted by Gasteiger charge is 2.31. The number of quaternary nitrogens is 1. The van der Waals surface area contributed by atoms with E-state index in [1.54, 1.807) is 42.4 Å². The molecule has 0 aliphatic heterocycles. The number of hydrogen-bond acceptors (Lipinski definition) is 8. The van der Waals surface area contributed by atoms with Gasteiger partial charge in [0.15, 0.2) is 23.9 Å². The molecule has 5 aromatic rings. The minimum Gasteiger partial charge on any atom is -0.495 e. The Bertz CT molecular complexity index is 2120. The van der Waals surface area contributed by atoms with Crippen LogP contribution in [0.25, 0.3) is 10.9 Å². The summed E-state index contributed by atoms with van der Waals surface area (Å²) in [6.45, 7) is 2.55. The van der Waals surface area contributed by atoms with E-state index in [2.05, 4.69) is 28.7 Å². The smallest absolute Gasteiger partial charge is 0.436 e. The maximum Gasteiger partial charge on any atom is 0.436 e. The number of aromatic nitrogens is 4. The van der Waals surface area contributed by atoms with Gasteiger partial charge in [0.1, 0.15) is 12.3 Å². The molecule has 0 N–H and O–H groups in total. The Morgan fingerprint density at radius 1 is 0.898 bits per heavy atom. The van der Waals surface area contributed by atoms with Crippen LogP contribution in [0.15, 0.2) is 54.6 Å². The highest BCUT2D eigenvalue weighted by molar-refractivity contribution is 5.90. The molecule has 0 bridgehead atoms. The average molecular weight is 664 g/mol. The fraction of sp³-hybridized carbons (Fsp3) is 0.297. The van der Waals surface area contributed by atoms with Crippen LogP contribution < -0.4 is 18.9 Å². The van der Waals surface area contributed by atoms with Gasteiger partial charge in [-0.15, -0.1) is 5.92 Å². The van der Waals surface area contributed by atoms with Crippen LogP contribution in [0.4, 0.5) is 5.95 Å². The standard InChI is InChI=1S/C37H39N6O6/c1-9-13-28-32(46-5)19-17-27-30(20-26-21-33(47-6)36(49-8)34(22-26)48-7)39-41(35(27)28)24-43(3,4)23-31-29(38-37(40(31)2)42(44)45)18-16-25-14-11-10-12-15-25/h10-12,14-15,17,19,21-22H,20,23-24H2,1-8H3/q+1. The zero-order valence-electron chi connectivity index (χ0n) is 29.0. The fourth-order valence-corrected chi connectivity index (χ4v) is 5.84. The molecule has 0 atom stereocenters. The summed E-state index contributed by atoms with van der Waals surface area (Å²) >= 11 is 0. The Morgan fingerprint density at radius 2 is 1.57 bits per heavy atom. The lowest BCUT2D eigenvalue weighted by molar-refractivity contribution is -0.926. The maximum atomic E-state index is 11.9. The summed E-state index contributed by atoms with van der Waals surface area (Å²) in [5.41, 5.74) is 5.06. The third kappa shape index (κ3) is 7.15. The number of rotatable bonds is 11. The third-order valence-corrected chi connectivity index (χ3v) is 8.06. The van der Waals surface area contributed by atoms with Gasteiger partial charge in [0, 0.05) is 17.4 Å². The van der Waals surface area contributed by atoms with E-state index in [9.17, 15) is 10.1 Å². The zero-order chi connectivity index (χ0) is 35.3. The second-order valence-electron chi connectivity index (χ2n) is 11.9. The number of nitrogens with zero attached hydrogens (tertiary/aromatic N) is 6. The minimum absolute atomic E-state index is 0.269. The van der Waals surface area contributed by atoms with Crippen LogP contribution in [0.3, 0.4) is 0 Å². The van der Waals surface area contributed by atoms with Crippen LogP contribution in [0, 0.1) is 33.8 Å². The molecule has 2 heterocycles. The molecule has 0 amide bonds. The molecule has 12 heteroatoms. The van der Waals surface area contributed by atoms with Gasteiger partial charge in [0.05, 0.1) is 66.4 Å². The molecule has 0 aliphatic rings. The molecule has 5 rings (SSSR count). The summed E-state index contributed by atoms with van der Waals surface area (Å²) in [6, 6.07) is 17.2. The molecule has 252 valence electrons. The molecule has 49 heavy (non-hydrogen) atoms. The topological polar surface area (TPSA) is 116 Å². The second kappa shape index (κ2) is 14.4. The van der Waals surface area contributed by atoms with Gasteiger partial charge >= 0.3 is 5.95 Å². The van der Waals surface area contributed by atoms with Crippen molar-refractivity contribution in [3.63, 3.8) is 0 Å². The normalized spacial score (nSPS) is 10.9. The minimum atomic E-state index is -0.490. The first-order valence-electron chi connectivity index (χ1n) is 15.4. The van der Waals surface area contributed by atoms with Crippen molar-refractivity contribution < 1.29 is 28.4 Å². The van der Waals surface area contributed by atoms with Gasteiger partial charge in [-0.05, 0) is 59.7 Å². The van der Waals surface area contributed by atoms with Crippen molar-refractivity contribution in [2.24, 2.45) is 7.05 Å². The molecule has 0 saturated carbocycles. The van der Waals surface area contributed by atoms with E-state index >= 15 is 0 Å². The molecule has 0 fully saturated rings. The van der Waals surface area contributed by atoms with Gasteiger partial charge in [0.2, 0.25) is 11.4 Å². The number of nitro groups is 1. The van der Waals surface area contributed by atoms with E-state index in [1.165, 1.54) is 4.57 Å². The fourth-order valence-electron chi connectivity index (χ4n) is 5.84. The predicted octanol–water partition coefficient (Wildman–Crippen LogP) is 5.31. The molecule has 3 aromatic carbocycles. The maximum absolute atomic E-state index is 11.9. The van der Waals surface area contributed by atoms with Crippen molar-refractivity contribution in [3.8, 4) is 46.7 Å². The average Bonchev–Trinajstić information content (AvgIpc) is 3.59. The van der Waals surface area contributed by atoms with Gasteiger partial charge in [-0.3, -0.25) is 0 Å². The van der Waals surface area contributed by atoms with E-state index in [1.807, 2.05) is 73.4 Å². The summed E-state index contributed by atoms with van der Waals surface area (Å²) in [6.07, 6.45) is 0.464. The lowest BCUT2D eigenvalue weighted by atomic mass is 10.0. The van der Waals surface area contributed by atoms with Crippen LogP contribution in [0.1, 0.15) is 40.7 Å². The van der Waals surface area contributed by atoms with Gasteiger partial charge in [-0.2, -0.15) is 5.10 Å². The van der Waals surface area contributed by atoms with Gasteiger partial charge < -0.3 is 33.5 Å². The number of methoxy groups -OCH3 is 4. The van der Waals surface area contributed by atoms with Gasteiger partial charge in [-0.1, -0.05) is 35.0 Å². The van der Waals surface area contributed by atoms with E-state index in [4.69, 9.17) is 24.0 Å². The Labute approximate surface area is 285 Å². The molecule has 0 spiro atoms. The number of imidazole rings is 1. The van der Waals surface area contributed by atoms with Crippen LogP contribution >= 0.6 is 0 Å². The first-order chi connectivity index (χ1) is 23.5. The SMILES string of the molecule is CC#Cc1c(OC)ccc2c(Cc3cc(OC)c(OC)c(OC)c3)nn(C[N+](C)(C)Cc3c(C#Cc4ccccc4)nc([N+](=O)[O-])n3C)c12. The molecular weight excluding hydrogens is 624 g/mol. The predicted molar refractivity (Wildman–Crippen MR) is 186 cm³/mol. The monoisotopic (exact) mass is 663 g/mol. The van der Waals surface area contributed by atoms with E-state index < -0.39 is 4.92 Å². The number of ether oxygens (including phenoxy) is 4. The van der Waals surface area contributed by atoms with E-state index in [-0.39, 0.29) is 5.95 Å². The highest BCUT2D eigenvalue weighted by atomic mass is 16.6. The molecule has 12 nitrogen and oxygen atoms in total. The molecule has 0 aliphatic carbocycles. The molecule has 0 unspecified atom stereocenters. The molecule has 0 radical (unpaired) electrons. The molecular formula is C37H39N6O6+. The van der Waals surface area contributed by atoms with Crippen molar-refractivity contribution in [1.29, 1.82) is 0 Å². The first-order valence-corrected chi connectivity index (χ1v) is 15.4. The number of hydrogen-bond donors (Lipinski definition) is 0. The lowest BCUT2D eigenvalue weighted by Crippen LogP contribution is -2.41. The van der Waals surface area contributed by atoms with Gasteiger partial charge in [-0.25, -0.2) is 9.25 Å². The van der Waals surface area contributed by atoms with Crippen molar-refractivity contribution in [1.82, 2.24) is 19.3 Å². The highest BCUT2D eigenvalue weighted by Crippen LogP contribution is 2.39. The van der Waals surface area contributed by atoms with Crippen molar-refractivity contribution in [2.45, 2.75) is 26.6 Å². The van der Waals surface area contributed by atoms with Crippen LogP contribution in [0.5, 0.6) is 23.0 Å². The summed E-state index contributed by atoms with van der Waals surface area (Å²) < 4.78 is 26.3. The summed E-state index contributed by atoms with van der Waals surface area (Å²) in [5.74, 6) is 14.4. The number of fused-ring (bicyclic) bond motifs is 1. The van der Waals surface area contributed by atoms with Crippen molar-refractivity contribution in [3.05, 3.63) is 98.5 Å². The summed E-state index contributed by atoms with van der Waals surface area (Å²) in [5, 5.41) is 18.0. The molecule has 0 saturated heterocycles. The van der Waals surface area contributed by atoms with Crippen LogP contribution in [-0.4, -0.2) is 71.3 Å². The molecule has 2 aromatic heterocycles.